The van der Waals surface area contributed by atoms with E-state index >= 15 is 0 Å². The van der Waals surface area contributed by atoms with E-state index in [0.29, 0.717) is 11.6 Å². The van der Waals surface area contributed by atoms with Gasteiger partial charge in [-0.05, 0) is 22.7 Å². The average Bonchev–Trinajstić information content (AvgIpc) is 2.21. The van der Waals surface area contributed by atoms with Crippen molar-refractivity contribution in [1.29, 1.82) is 0 Å². The van der Waals surface area contributed by atoms with Gasteiger partial charge in [0.25, 0.3) is 0 Å². The Labute approximate surface area is 119 Å². The molecule has 0 bridgehead atoms. The normalized spacial score (nSPS) is 12.2. The topological polar surface area (TPSA) is 9.23 Å². The van der Waals surface area contributed by atoms with Gasteiger partial charge >= 0.3 is 0 Å². The molecule has 17 heavy (non-hydrogen) atoms. The molecule has 96 valence electrons. The highest BCUT2D eigenvalue weighted by Gasteiger charge is 2.23. The Morgan fingerprint density at radius 3 is 2.53 bits per heavy atom. The molecule has 0 unspecified atom stereocenters. The lowest BCUT2D eigenvalue weighted by Gasteiger charge is -2.28. The smallest absolute Gasteiger partial charge is 0.0727 e. The molecule has 0 saturated carbocycles. The largest absolute Gasteiger partial charge is 0.376 e. The lowest BCUT2D eigenvalue weighted by Crippen LogP contribution is -2.26. The Morgan fingerprint density at radius 1 is 1.35 bits per heavy atom. The minimum Gasteiger partial charge on any atom is -0.376 e. The summed E-state index contributed by atoms with van der Waals surface area (Å²) in [4.78, 5) is 0. The molecule has 1 rings (SSSR count). The van der Waals surface area contributed by atoms with Crippen LogP contribution in [0.3, 0.4) is 0 Å². The van der Waals surface area contributed by atoms with E-state index in [0.717, 1.165) is 21.7 Å². The second-order valence-corrected chi connectivity index (χ2v) is 10.5. The molecular weight excluding hydrogens is 316 g/mol. The van der Waals surface area contributed by atoms with Gasteiger partial charge in [0.15, 0.2) is 0 Å². The first-order chi connectivity index (χ1) is 7.83. The molecule has 0 aromatic heterocycles. The molecule has 0 spiro atoms. The standard InChI is InChI=1S/C13H20BrClOSi/c1-13(2,17(3)4)9-16-8-10-5-6-11(15)7-12(10)14/h5-7,17H,8-9H2,1-4H3. The van der Waals surface area contributed by atoms with Crippen LogP contribution in [0, 0.1) is 0 Å². The van der Waals surface area contributed by atoms with Gasteiger partial charge in [0.05, 0.1) is 6.61 Å². The quantitative estimate of drug-likeness (QED) is 0.696. The molecule has 0 aliphatic heterocycles. The Balaban J connectivity index is 2.51. The van der Waals surface area contributed by atoms with Crippen LogP contribution in [0.15, 0.2) is 22.7 Å². The molecule has 0 N–H and O–H groups in total. The van der Waals surface area contributed by atoms with Gasteiger partial charge in [0.2, 0.25) is 0 Å². The molecule has 4 heteroatoms. The van der Waals surface area contributed by atoms with E-state index < -0.39 is 8.80 Å². The van der Waals surface area contributed by atoms with Crippen LogP contribution in [0.4, 0.5) is 0 Å². The Kier molecular flexibility index (Phi) is 5.70. The van der Waals surface area contributed by atoms with Crippen LogP contribution in [-0.2, 0) is 11.3 Å². The van der Waals surface area contributed by atoms with Crippen molar-refractivity contribution in [3.8, 4) is 0 Å². The summed E-state index contributed by atoms with van der Waals surface area (Å²) in [6, 6.07) is 5.81. The predicted molar refractivity (Wildman–Crippen MR) is 81.7 cm³/mol. The van der Waals surface area contributed by atoms with Crippen molar-refractivity contribution < 1.29 is 4.74 Å². The average molecular weight is 336 g/mol. The molecule has 0 radical (unpaired) electrons. The maximum Gasteiger partial charge on any atom is 0.0727 e. The van der Waals surface area contributed by atoms with Gasteiger partial charge in [-0.15, -0.1) is 0 Å². The number of rotatable bonds is 5. The third-order valence-corrected chi connectivity index (χ3v) is 7.58. The monoisotopic (exact) mass is 334 g/mol. The van der Waals surface area contributed by atoms with Gasteiger partial charge in [-0.1, -0.05) is 60.5 Å². The number of benzene rings is 1. The summed E-state index contributed by atoms with van der Waals surface area (Å²) in [6.45, 7) is 10.8. The summed E-state index contributed by atoms with van der Waals surface area (Å²) < 4.78 is 6.85. The maximum atomic E-state index is 5.90. The van der Waals surface area contributed by atoms with E-state index in [4.69, 9.17) is 16.3 Å². The number of hydrogen-bond acceptors (Lipinski definition) is 1. The lowest BCUT2D eigenvalue weighted by atomic mass is 10.2. The van der Waals surface area contributed by atoms with Gasteiger partial charge in [0.1, 0.15) is 0 Å². The highest BCUT2D eigenvalue weighted by molar-refractivity contribution is 9.10. The lowest BCUT2D eigenvalue weighted by molar-refractivity contribution is 0.100. The Hall–Kier alpha value is 0.167. The fourth-order valence-electron chi connectivity index (χ4n) is 1.23. The van der Waals surface area contributed by atoms with Crippen LogP contribution in [-0.4, -0.2) is 15.4 Å². The van der Waals surface area contributed by atoms with Gasteiger partial charge in [-0.25, -0.2) is 0 Å². The van der Waals surface area contributed by atoms with Crippen molar-refractivity contribution in [3.63, 3.8) is 0 Å². The van der Waals surface area contributed by atoms with E-state index in [-0.39, 0.29) is 0 Å². The SMILES string of the molecule is C[SiH](C)C(C)(C)COCc1ccc(Cl)cc1Br. The van der Waals surface area contributed by atoms with Crippen molar-refractivity contribution in [2.24, 2.45) is 0 Å². The zero-order valence-electron chi connectivity index (χ0n) is 10.9. The summed E-state index contributed by atoms with van der Waals surface area (Å²) in [7, 11) is -0.683. The predicted octanol–water partition coefficient (Wildman–Crippen LogP) is 4.89. The number of hydrogen-bond donors (Lipinski definition) is 0. The van der Waals surface area contributed by atoms with Crippen LogP contribution in [0.1, 0.15) is 19.4 Å². The van der Waals surface area contributed by atoms with Gasteiger partial charge < -0.3 is 4.74 Å². The highest BCUT2D eigenvalue weighted by atomic mass is 79.9. The molecule has 0 aliphatic carbocycles. The van der Waals surface area contributed by atoms with Gasteiger partial charge in [-0.3, -0.25) is 0 Å². The zero-order chi connectivity index (χ0) is 13.1. The maximum absolute atomic E-state index is 5.90. The van der Waals surface area contributed by atoms with Crippen LogP contribution in [0.2, 0.25) is 23.2 Å². The van der Waals surface area contributed by atoms with Crippen molar-refractivity contribution >= 4 is 36.3 Å². The molecular formula is C13H20BrClOSi. The van der Waals surface area contributed by atoms with E-state index in [9.17, 15) is 0 Å². The first-order valence-corrected chi connectivity index (χ1v) is 9.90. The van der Waals surface area contributed by atoms with Crippen molar-refractivity contribution in [2.75, 3.05) is 6.61 Å². The molecule has 1 nitrogen and oxygen atoms in total. The molecule has 0 amide bonds. The second-order valence-electron chi connectivity index (χ2n) is 5.37. The van der Waals surface area contributed by atoms with E-state index in [1.54, 1.807) is 0 Å². The molecule has 0 fully saturated rings. The highest BCUT2D eigenvalue weighted by Crippen LogP contribution is 2.29. The first-order valence-electron chi connectivity index (χ1n) is 5.84. The molecule has 1 aromatic rings. The van der Waals surface area contributed by atoms with E-state index in [2.05, 4.69) is 42.9 Å². The summed E-state index contributed by atoms with van der Waals surface area (Å²) in [5, 5.41) is 1.09. The van der Waals surface area contributed by atoms with Crippen LogP contribution in [0.5, 0.6) is 0 Å². The first kappa shape index (κ1) is 15.2. The zero-order valence-corrected chi connectivity index (χ0v) is 14.4. The molecule has 0 saturated heterocycles. The number of ether oxygens (including phenoxy) is 1. The summed E-state index contributed by atoms with van der Waals surface area (Å²) in [5.74, 6) is 0. The van der Waals surface area contributed by atoms with Crippen LogP contribution >= 0.6 is 27.5 Å². The molecule has 0 heterocycles. The van der Waals surface area contributed by atoms with Gasteiger partial charge in [0, 0.05) is 24.9 Å². The van der Waals surface area contributed by atoms with E-state index in [1.807, 2.05) is 18.2 Å². The van der Waals surface area contributed by atoms with Crippen LogP contribution in [0.25, 0.3) is 0 Å². The summed E-state index contributed by atoms with van der Waals surface area (Å²) in [6.07, 6.45) is 0. The minimum atomic E-state index is -0.683. The van der Waals surface area contributed by atoms with Crippen molar-refractivity contribution in [1.82, 2.24) is 0 Å². The summed E-state index contributed by atoms with van der Waals surface area (Å²) in [5.41, 5.74) is 1.15. The van der Waals surface area contributed by atoms with E-state index in [1.165, 1.54) is 0 Å². The Morgan fingerprint density at radius 2 is 2.00 bits per heavy atom. The third kappa shape index (κ3) is 4.74. The summed E-state index contributed by atoms with van der Waals surface area (Å²) >= 11 is 9.40. The molecule has 1 aromatic carbocycles. The minimum absolute atomic E-state index is 0.346. The fourth-order valence-corrected chi connectivity index (χ4v) is 2.48. The van der Waals surface area contributed by atoms with Gasteiger partial charge in [-0.2, -0.15) is 0 Å². The second kappa shape index (κ2) is 6.37. The number of halogens is 2. The van der Waals surface area contributed by atoms with Crippen molar-refractivity contribution in [2.45, 2.75) is 38.6 Å². The third-order valence-electron chi connectivity index (χ3n) is 3.31. The van der Waals surface area contributed by atoms with Crippen molar-refractivity contribution in [3.05, 3.63) is 33.3 Å². The Bertz CT molecular complexity index is 380. The fraction of sp³-hybridized carbons (Fsp3) is 0.538. The molecule has 0 atom stereocenters. The van der Waals surface area contributed by atoms with Crippen LogP contribution < -0.4 is 0 Å². The molecule has 0 aliphatic rings.